The molecule has 148 valence electrons. The number of hydrogen-bond acceptors (Lipinski definition) is 4. The van der Waals surface area contributed by atoms with Crippen LogP contribution in [-0.2, 0) is 17.8 Å². The van der Waals surface area contributed by atoms with Gasteiger partial charge in [-0.2, -0.15) is 0 Å². The second-order valence-corrected chi connectivity index (χ2v) is 8.00. The number of rotatable bonds is 4. The minimum absolute atomic E-state index is 0.209. The van der Waals surface area contributed by atoms with Crippen molar-refractivity contribution in [3.05, 3.63) is 59.7 Å². The number of nitrogens with zero attached hydrogens (tertiary/aromatic N) is 3. The number of carbonyl (C=O) groups excluding carboxylic acids is 1. The van der Waals surface area contributed by atoms with Crippen LogP contribution in [0.2, 0.25) is 0 Å². The van der Waals surface area contributed by atoms with Crippen molar-refractivity contribution in [1.82, 2.24) is 9.80 Å². The molecule has 4 rings (SSSR count). The number of aryl methyl sites for hydroxylation is 1. The number of amides is 1. The molecule has 5 heteroatoms. The number of phenols is 1. The summed E-state index contributed by atoms with van der Waals surface area (Å²) in [5, 5.41) is 9.63. The van der Waals surface area contributed by atoms with Gasteiger partial charge in [-0.3, -0.25) is 14.6 Å². The maximum absolute atomic E-state index is 13.1. The SMILES string of the molecule is CC1CCc2ccccc2N1C(=O)CN1CCN(Cc2cccc(O)c2)CC1. The number of hydrogen-bond donors (Lipinski definition) is 1. The maximum Gasteiger partial charge on any atom is 0.241 e. The third-order valence-corrected chi connectivity index (χ3v) is 5.93. The fraction of sp³-hybridized carbons (Fsp3) is 0.435. The first kappa shape index (κ1) is 19.0. The van der Waals surface area contributed by atoms with E-state index in [9.17, 15) is 9.90 Å². The normalized spacial score (nSPS) is 20.8. The van der Waals surface area contributed by atoms with Crippen molar-refractivity contribution in [2.45, 2.75) is 32.4 Å². The molecule has 2 heterocycles. The molecule has 1 amide bonds. The molecule has 2 aliphatic rings. The number of fused-ring (bicyclic) bond motifs is 1. The van der Waals surface area contributed by atoms with Gasteiger partial charge in [0.05, 0.1) is 6.54 Å². The first-order chi connectivity index (χ1) is 13.6. The molecule has 1 N–H and O–H groups in total. The van der Waals surface area contributed by atoms with Crippen molar-refractivity contribution >= 4 is 11.6 Å². The van der Waals surface area contributed by atoms with E-state index in [-0.39, 0.29) is 11.9 Å². The van der Waals surface area contributed by atoms with Gasteiger partial charge in [0, 0.05) is 44.5 Å². The van der Waals surface area contributed by atoms with E-state index < -0.39 is 0 Å². The van der Waals surface area contributed by atoms with Gasteiger partial charge in [0.15, 0.2) is 0 Å². The van der Waals surface area contributed by atoms with E-state index in [2.05, 4.69) is 34.9 Å². The average Bonchev–Trinajstić information content (AvgIpc) is 2.69. The molecule has 1 atom stereocenters. The summed E-state index contributed by atoms with van der Waals surface area (Å²) in [6, 6.07) is 16.0. The predicted molar refractivity (Wildman–Crippen MR) is 112 cm³/mol. The van der Waals surface area contributed by atoms with Crippen LogP contribution in [0.1, 0.15) is 24.5 Å². The van der Waals surface area contributed by atoms with Gasteiger partial charge in [-0.15, -0.1) is 0 Å². The Labute approximate surface area is 167 Å². The van der Waals surface area contributed by atoms with Crippen molar-refractivity contribution < 1.29 is 9.90 Å². The topological polar surface area (TPSA) is 47.0 Å². The highest BCUT2D eigenvalue weighted by molar-refractivity contribution is 5.96. The Hall–Kier alpha value is -2.37. The molecular weight excluding hydrogens is 350 g/mol. The summed E-state index contributed by atoms with van der Waals surface area (Å²) in [5.41, 5.74) is 3.50. The monoisotopic (exact) mass is 379 g/mol. The lowest BCUT2D eigenvalue weighted by Gasteiger charge is -2.38. The molecule has 0 aromatic heterocycles. The van der Waals surface area contributed by atoms with Crippen LogP contribution in [0.4, 0.5) is 5.69 Å². The number of anilines is 1. The van der Waals surface area contributed by atoms with Crippen molar-refractivity contribution in [3.8, 4) is 5.75 Å². The fourth-order valence-corrected chi connectivity index (χ4v) is 4.35. The summed E-state index contributed by atoms with van der Waals surface area (Å²) in [7, 11) is 0. The number of aromatic hydroxyl groups is 1. The van der Waals surface area contributed by atoms with Crippen molar-refractivity contribution in [3.63, 3.8) is 0 Å². The summed E-state index contributed by atoms with van der Waals surface area (Å²) in [4.78, 5) is 19.8. The molecule has 0 aliphatic carbocycles. The van der Waals surface area contributed by atoms with Crippen LogP contribution in [0, 0.1) is 0 Å². The van der Waals surface area contributed by atoms with Gasteiger partial charge in [0.2, 0.25) is 5.91 Å². The molecule has 28 heavy (non-hydrogen) atoms. The van der Waals surface area contributed by atoms with Crippen LogP contribution in [-0.4, -0.2) is 59.6 Å². The second-order valence-electron chi connectivity index (χ2n) is 8.00. The van der Waals surface area contributed by atoms with Gasteiger partial charge < -0.3 is 10.0 Å². The zero-order chi connectivity index (χ0) is 19.5. The number of piperazine rings is 1. The van der Waals surface area contributed by atoms with E-state index >= 15 is 0 Å². The van der Waals surface area contributed by atoms with Gasteiger partial charge in [0.1, 0.15) is 5.75 Å². The molecule has 2 aromatic rings. The molecule has 2 aromatic carbocycles. The average molecular weight is 380 g/mol. The van der Waals surface area contributed by atoms with Gasteiger partial charge >= 0.3 is 0 Å². The molecule has 0 saturated carbocycles. The van der Waals surface area contributed by atoms with Gasteiger partial charge in [-0.05, 0) is 49.1 Å². The Kier molecular flexibility index (Phi) is 5.64. The van der Waals surface area contributed by atoms with Crippen LogP contribution in [0.3, 0.4) is 0 Å². The summed E-state index contributed by atoms with van der Waals surface area (Å²) < 4.78 is 0. The Morgan fingerprint density at radius 2 is 1.79 bits per heavy atom. The molecule has 2 aliphatic heterocycles. The summed E-state index contributed by atoms with van der Waals surface area (Å²) in [5.74, 6) is 0.527. The summed E-state index contributed by atoms with van der Waals surface area (Å²) in [6.07, 6.45) is 2.08. The molecule has 0 radical (unpaired) electrons. The lowest BCUT2D eigenvalue weighted by atomic mass is 9.96. The van der Waals surface area contributed by atoms with Crippen LogP contribution in [0.15, 0.2) is 48.5 Å². The smallest absolute Gasteiger partial charge is 0.241 e. The largest absolute Gasteiger partial charge is 0.508 e. The van der Waals surface area contributed by atoms with E-state index in [4.69, 9.17) is 0 Å². The first-order valence-electron chi connectivity index (χ1n) is 10.2. The molecule has 1 unspecified atom stereocenters. The van der Waals surface area contributed by atoms with Crippen LogP contribution in [0.25, 0.3) is 0 Å². The van der Waals surface area contributed by atoms with Crippen LogP contribution < -0.4 is 4.90 Å². The molecular formula is C23H29N3O2. The minimum atomic E-state index is 0.209. The Balaban J connectivity index is 1.33. The highest BCUT2D eigenvalue weighted by atomic mass is 16.3. The number of phenolic OH excluding ortho intramolecular Hbond substituents is 1. The van der Waals surface area contributed by atoms with Gasteiger partial charge in [-0.25, -0.2) is 0 Å². The Morgan fingerprint density at radius 1 is 1.04 bits per heavy atom. The van der Waals surface area contributed by atoms with Crippen molar-refractivity contribution in [1.29, 1.82) is 0 Å². The van der Waals surface area contributed by atoms with E-state index in [0.717, 1.165) is 56.8 Å². The zero-order valence-corrected chi connectivity index (χ0v) is 16.6. The molecule has 1 fully saturated rings. The van der Waals surface area contributed by atoms with Crippen LogP contribution >= 0.6 is 0 Å². The first-order valence-corrected chi connectivity index (χ1v) is 10.2. The van der Waals surface area contributed by atoms with Gasteiger partial charge in [-0.1, -0.05) is 30.3 Å². The maximum atomic E-state index is 13.1. The highest BCUT2D eigenvalue weighted by Gasteiger charge is 2.29. The van der Waals surface area contributed by atoms with Gasteiger partial charge in [0.25, 0.3) is 0 Å². The second kappa shape index (κ2) is 8.33. The zero-order valence-electron chi connectivity index (χ0n) is 16.6. The van der Waals surface area contributed by atoms with Crippen LogP contribution in [0.5, 0.6) is 5.75 Å². The van der Waals surface area contributed by atoms with E-state index in [1.165, 1.54) is 5.56 Å². The Morgan fingerprint density at radius 3 is 2.57 bits per heavy atom. The molecule has 1 saturated heterocycles. The number of benzene rings is 2. The predicted octanol–water partition coefficient (Wildman–Crippen LogP) is 2.88. The third-order valence-electron chi connectivity index (χ3n) is 5.93. The summed E-state index contributed by atoms with van der Waals surface area (Å²) >= 11 is 0. The van der Waals surface area contributed by atoms with E-state index in [0.29, 0.717) is 12.3 Å². The number of carbonyl (C=O) groups is 1. The lowest BCUT2D eigenvalue weighted by Crippen LogP contribution is -2.52. The Bertz CT molecular complexity index is 830. The van der Waals surface area contributed by atoms with E-state index in [1.807, 2.05) is 29.2 Å². The fourth-order valence-electron chi connectivity index (χ4n) is 4.35. The highest BCUT2D eigenvalue weighted by Crippen LogP contribution is 2.30. The number of para-hydroxylation sites is 1. The van der Waals surface area contributed by atoms with Crippen molar-refractivity contribution in [2.24, 2.45) is 0 Å². The lowest BCUT2D eigenvalue weighted by molar-refractivity contribution is -0.120. The third kappa shape index (κ3) is 4.21. The van der Waals surface area contributed by atoms with E-state index in [1.54, 1.807) is 6.07 Å². The summed E-state index contributed by atoms with van der Waals surface area (Å²) in [6.45, 7) is 7.15. The molecule has 0 spiro atoms. The van der Waals surface area contributed by atoms with Crippen molar-refractivity contribution in [2.75, 3.05) is 37.6 Å². The standard InChI is InChI=1S/C23H29N3O2/c1-18-9-10-20-6-2-3-8-22(20)26(18)23(28)17-25-13-11-24(12-14-25)16-19-5-4-7-21(27)15-19/h2-8,15,18,27H,9-14,16-17H2,1H3. The molecule has 0 bridgehead atoms. The minimum Gasteiger partial charge on any atom is -0.508 e. The molecule has 5 nitrogen and oxygen atoms in total. The quantitative estimate of drug-likeness (QED) is 0.887.